The predicted molar refractivity (Wildman–Crippen MR) is 105 cm³/mol. The van der Waals surface area contributed by atoms with Crippen LogP contribution in [0.4, 0.5) is 19.1 Å². The number of fused-ring (bicyclic) bond motifs is 1. The maximum absolute atomic E-state index is 10.6. The van der Waals surface area contributed by atoms with Crippen LogP contribution in [0.1, 0.15) is 18.4 Å². The summed E-state index contributed by atoms with van der Waals surface area (Å²) in [6, 6.07) is 6.67. The topological polar surface area (TPSA) is 91.7 Å². The normalized spacial score (nSPS) is 23.1. The molecule has 0 spiro atoms. The van der Waals surface area contributed by atoms with Gasteiger partial charge in [-0.15, -0.1) is 0 Å². The predicted octanol–water partition coefficient (Wildman–Crippen LogP) is 2.37. The number of anilines is 1. The number of carboxylic acid groups (broad SMARTS) is 1. The van der Waals surface area contributed by atoms with Gasteiger partial charge in [-0.2, -0.15) is 13.2 Å². The number of nitrogens with zero attached hydrogens (tertiary/aromatic N) is 5. The monoisotopic (exact) mass is 439 g/mol. The first-order valence-electron chi connectivity index (χ1n) is 9.82. The average molecular weight is 439 g/mol. The number of ether oxygens (including phenoxy) is 1. The lowest BCUT2D eigenvalue weighted by Gasteiger charge is -2.34. The van der Waals surface area contributed by atoms with E-state index in [4.69, 9.17) is 14.6 Å². The molecule has 2 aromatic rings. The van der Waals surface area contributed by atoms with Crippen molar-refractivity contribution in [3.63, 3.8) is 0 Å². The summed E-state index contributed by atoms with van der Waals surface area (Å²) in [6.45, 7) is 2.62. The van der Waals surface area contributed by atoms with E-state index >= 15 is 0 Å². The van der Waals surface area contributed by atoms with E-state index in [0.717, 1.165) is 38.5 Å². The Hall–Kier alpha value is -2.79. The van der Waals surface area contributed by atoms with Gasteiger partial charge in [-0.05, 0) is 37.6 Å². The zero-order valence-corrected chi connectivity index (χ0v) is 16.9. The van der Waals surface area contributed by atoms with Crippen LogP contribution in [-0.4, -0.2) is 75.5 Å². The second-order valence-corrected chi connectivity index (χ2v) is 7.39. The minimum Gasteiger partial charge on any atom is -0.475 e. The molecule has 2 saturated heterocycles. The van der Waals surface area contributed by atoms with E-state index in [-0.39, 0.29) is 6.10 Å². The molecule has 0 unspecified atom stereocenters. The van der Waals surface area contributed by atoms with E-state index in [1.807, 2.05) is 36.9 Å². The molecule has 0 bridgehead atoms. The number of rotatable bonds is 4. The molecule has 3 atom stereocenters. The molecule has 4 rings (SSSR count). The number of carbonyl (C=O) groups is 1. The van der Waals surface area contributed by atoms with Gasteiger partial charge in [0.25, 0.3) is 0 Å². The fourth-order valence-electron chi connectivity index (χ4n) is 3.89. The van der Waals surface area contributed by atoms with Crippen molar-refractivity contribution in [1.29, 1.82) is 0 Å². The second-order valence-electron chi connectivity index (χ2n) is 7.39. The first kappa shape index (κ1) is 22.9. The molecule has 31 heavy (non-hydrogen) atoms. The lowest BCUT2D eigenvalue weighted by Crippen LogP contribution is -2.46. The van der Waals surface area contributed by atoms with Crippen molar-refractivity contribution in [2.75, 3.05) is 25.1 Å². The first-order valence-corrected chi connectivity index (χ1v) is 9.82. The Morgan fingerprint density at radius 3 is 2.61 bits per heavy atom. The molecule has 0 aromatic carbocycles. The van der Waals surface area contributed by atoms with Crippen LogP contribution in [0.3, 0.4) is 0 Å². The van der Waals surface area contributed by atoms with E-state index in [2.05, 4.69) is 37.9 Å². The third-order valence-electron chi connectivity index (χ3n) is 5.27. The van der Waals surface area contributed by atoms with Crippen molar-refractivity contribution in [1.82, 2.24) is 19.9 Å². The summed E-state index contributed by atoms with van der Waals surface area (Å²) >= 11 is 0. The van der Waals surface area contributed by atoms with Gasteiger partial charge in [0.2, 0.25) is 5.95 Å². The molecule has 8 nitrogen and oxygen atoms in total. The Bertz CT molecular complexity index is 841. The highest BCUT2D eigenvalue weighted by Crippen LogP contribution is 2.33. The van der Waals surface area contributed by atoms with Gasteiger partial charge in [0.1, 0.15) is 0 Å². The molecule has 0 radical (unpaired) electrons. The van der Waals surface area contributed by atoms with E-state index in [9.17, 15) is 13.2 Å². The van der Waals surface area contributed by atoms with Gasteiger partial charge >= 0.3 is 12.1 Å². The fourth-order valence-corrected chi connectivity index (χ4v) is 3.89. The zero-order valence-electron chi connectivity index (χ0n) is 16.9. The molecule has 168 valence electrons. The van der Waals surface area contributed by atoms with Crippen molar-refractivity contribution in [3.05, 3.63) is 48.5 Å². The largest absolute Gasteiger partial charge is 0.490 e. The van der Waals surface area contributed by atoms with Gasteiger partial charge in [-0.1, -0.05) is 6.07 Å². The van der Waals surface area contributed by atoms with Crippen LogP contribution in [0.15, 0.2) is 43.0 Å². The Kier molecular flexibility index (Phi) is 7.39. The summed E-state index contributed by atoms with van der Waals surface area (Å²) in [4.78, 5) is 26.7. The van der Waals surface area contributed by atoms with Gasteiger partial charge in [0.15, 0.2) is 0 Å². The summed E-state index contributed by atoms with van der Waals surface area (Å²) < 4.78 is 37.9. The molecule has 2 aromatic heterocycles. The van der Waals surface area contributed by atoms with Crippen molar-refractivity contribution in [3.8, 4) is 0 Å². The number of hydrogen-bond donors (Lipinski definition) is 1. The molecule has 2 aliphatic heterocycles. The van der Waals surface area contributed by atoms with Gasteiger partial charge in [0, 0.05) is 44.5 Å². The lowest BCUT2D eigenvalue weighted by molar-refractivity contribution is -0.192. The molecular formula is C20H24F3N5O3. The van der Waals surface area contributed by atoms with Gasteiger partial charge in [-0.25, -0.2) is 14.8 Å². The average Bonchev–Trinajstić information content (AvgIpc) is 3.15. The molecule has 4 heterocycles. The zero-order chi connectivity index (χ0) is 22.4. The fraction of sp³-hybridized carbons (Fsp3) is 0.500. The van der Waals surface area contributed by atoms with Crippen molar-refractivity contribution >= 4 is 11.9 Å². The number of likely N-dealkylation sites (N-methyl/N-ethyl adjacent to an activating group) is 1. The number of aliphatic carboxylic acids is 1. The SMILES string of the molecule is CN(Cc1cccnc1)[C@@H]1CN(c2ncccn2)[C@@H]2CCCO[C@H]12.O=C(O)C(F)(F)F. The van der Waals surface area contributed by atoms with E-state index in [0.29, 0.717) is 12.1 Å². The Morgan fingerprint density at radius 2 is 2.00 bits per heavy atom. The number of halogens is 3. The van der Waals surface area contributed by atoms with Crippen LogP contribution >= 0.6 is 0 Å². The van der Waals surface area contributed by atoms with Crippen LogP contribution in [0.25, 0.3) is 0 Å². The number of alkyl halides is 3. The van der Waals surface area contributed by atoms with Gasteiger partial charge < -0.3 is 14.7 Å². The standard InChI is InChI=1S/C18H23N5O.C2HF3O2/c1-22(12-14-5-2-7-19-11-14)16-13-23(18-20-8-4-9-21-18)15-6-3-10-24-17(15)16;3-2(4,5)1(6)7/h2,4-5,7-9,11,15-17H,3,6,10,12-13H2,1H3;(H,6,7)/t15-,16-,17+;/m1./s1. The number of hydrogen-bond acceptors (Lipinski definition) is 7. The maximum atomic E-state index is 10.6. The van der Waals surface area contributed by atoms with Crippen LogP contribution < -0.4 is 4.90 Å². The molecule has 2 aliphatic rings. The van der Waals surface area contributed by atoms with Crippen molar-refractivity contribution in [2.24, 2.45) is 0 Å². The highest BCUT2D eigenvalue weighted by molar-refractivity contribution is 5.73. The third kappa shape index (κ3) is 5.88. The minimum absolute atomic E-state index is 0.212. The van der Waals surface area contributed by atoms with E-state index in [1.165, 1.54) is 5.56 Å². The highest BCUT2D eigenvalue weighted by atomic mass is 19.4. The maximum Gasteiger partial charge on any atom is 0.490 e. The summed E-state index contributed by atoms with van der Waals surface area (Å²) in [5.41, 5.74) is 1.22. The third-order valence-corrected chi connectivity index (χ3v) is 5.27. The van der Waals surface area contributed by atoms with Crippen LogP contribution in [-0.2, 0) is 16.1 Å². The molecule has 2 fully saturated rings. The van der Waals surface area contributed by atoms with Crippen LogP contribution in [0.5, 0.6) is 0 Å². The molecular weight excluding hydrogens is 415 g/mol. The van der Waals surface area contributed by atoms with Crippen molar-refractivity contribution in [2.45, 2.75) is 43.8 Å². The summed E-state index contributed by atoms with van der Waals surface area (Å²) in [7, 11) is 2.17. The van der Waals surface area contributed by atoms with Crippen molar-refractivity contribution < 1.29 is 27.8 Å². The summed E-state index contributed by atoms with van der Waals surface area (Å²) in [5.74, 6) is -1.94. The number of carboxylic acids is 1. The summed E-state index contributed by atoms with van der Waals surface area (Å²) in [5, 5.41) is 7.12. The van der Waals surface area contributed by atoms with E-state index in [1.54, 1.807) is 0 Å². The molecule has 0 aliphatic carbocycles. The van der Waals surface area contributed by atoms with Crippen LogP contribution in [0, 0.1) is 0 Å². The first-order chi connectivity index (χ1) is 14.8. The molecule has 1 N–H and O–H groups in total. The Balaban J connectivity index is 0.000000339. The Labute approximate surface area is 177 Å². The minimum atomic E-state index is -5.08. The molecule has 0 saturated carbocycles. The Morgan fingerprint density at radius 1 is 1.29 bits per heavy atom. The van der Waals surface area contributed by atoms with Crippen LogP contribution in [0.2, 0.25) is 0 Å². The quantitative estimate of drug-likeness (QED) is 0.777. The van der Waals surface area contributed by atoms with Gasteiger partial charge in [0.05, 0.1) is 18.2 Å². The van der Waals surface area contributed by atoms with E-state index < -0.39 is 12.1 Å². The molecule has 0 amide bonds. The summed E-state index contributed by atoms with van der Waals surface area (Å²) in [6.07, 6.45) is 4.74. The lowest BCUT2D eigenvalue weighted by atomic mass is 10.00. The molecule has 11 heteroatoms. The highest BCUT2D eigenvalue weighted by Gasteiger charge is 2.46. The second kappa shape index (κ2) is 10.0. The number of aromatic nitrogens is 3. The van der Waals surface area contributed by atoms with Gasteiger partial charge in [-0.3, -0.25) is 9.88 Å². The smallest absolute Gasteiger partial charge is 0.475 e. The number of pyridine rings is 1.